The van der Waals surface area contributed by atoms with Gasteiger partial charge in [0.1, 0.15) is 10.6 Å². The van der Waals surface area contributed by atoms with Gasteiger partial charge < -0.3 is 10.1 Å². The van der Waals surface area contributed by atoms with E-state index in [0.29, 0.717) is 19.0 Å². The zero-order chi connectivity index (χ0) is 13.3. The molecule has 1 aromatic rings. The summed E-state index contributed by atoms with van der Waals surface area (Å²) in [6, 6.07) is 1.16. The van der Waals surface area contributed by atoms with E-state index in [9.17, 15) is 13.2 Å². The number of aromatic carboxylic acids is 1. The number of carboxylic acid groups (broad SMARTS) is 1. The third kappa shape index (κ3) is 2.41. The standard InChI is InChI=1S/C11H16N2O4S/c1-8-3-2-4-13(7-8)18(16,17)9-5-10(11(14)15)12-6-9/h5-6,8,12H,2-4,7H2,1H3,(H,14,15). The predicted molar refractivity (Wildman–Crippen MR) is 64.9 cm³/mol. The summed E-state index contributed by atoms with van der Waals surface area (Å²) in [5.74, 6) is -0.824. The lowest BCUT2D eigenvalue weighted by Gasteiger charge is -2.29. The van der Waals surface area contributed by atoms with E-state index in [4.69, 9.17) is 5.11 Å². The largest absolute Gasteiger partial charge is 0.477 e. The average Bonchev–Trinajstić information content (AvgIpc) is 2.79. The Hall–Kier alpha value is -1.34. The Morgan fingerprint density at radius 1 is 1.56 bits per heavy atom. The molecule has 0 saturated carbocycles. The number of nitrogens with zero attached hydrogens (tertiary/aromatic N) is 1. The predicted octanol–water partition coefficient (Wildman–Crippen LogP) is 1.13. The molecule has 2 N–H and O–H groups in total. The average molecular weight is 272 g/mol. The topological polar surface area (TPSA) is 90.5 Å². The highest BCUT2D eigenvalue weighted by molar-refractivity contribution is 7.89. The molecule has 1 unspecified atom stereocenters. The number of hydrogen-bond acceptors (Lipinski definition) is 3. The van der Waals surface area contributed by atoms with Crippen LogP contribution in [0.25, 0.3) is 0 Å². The number of aromatic amines is 1. The lowest BCUT2D eigenvalue weighted by Crippen LogP contribution is -2.38. The second kappa shape index (κ2) is 4.74. The second-order valence-electron chi connectivity index (χ2n) is 4.66. The van der Waals surface area contributed by atoms with Gasteiger partial charge in [-0.3, -0.25) is 0 Å². The summed E-state index contributed by atoms with van der Waals surface area (Å²) in [4.78, 5) is 13.2. The highest BCUT2D eigenvalue weighted by atomic mass is 32.2. The van der Waals surface area contributed by atoms with Crippen LogP contribution in [0.1, 0.15) is 30.3 Å². The van der Waals surface area contributed by atoms with E-state index in [1.165, 1.54) is 10.5 Å². The van der Waals surface area contributed by atoms with Gasteiger partial charge in [0.25, 0.3) is 0 Å². The Balaban J connectivity index is 2.26. The Bertz CT molecular complexity index is 549. The van der Waals surface area contributed by atoms with Gasteiger partial charge in [0, 0.05) is 19.3 Å². The van der Waals surface area contributed by atoms with Crippen LogP contribution in [0.3, 0.4) is 0 Å². The fraction of sp³-hybridized carbons (Fsp3) is 0.545. The smallest absolute Gasteiger partial charge is 0.352 e. The number of hydrogen-bond donors (Lipinski definition) is 2. The summed E-state index contributed by atoms with van der Waals surface area (Å²) in [6.45, 7) is 3.01. The van der Waals surface area contributed by atoms with E-state index in [1.54, 1.807) is 0 Å². The molecule has 0 aliphatic carbocycles. The minimum absolute atomic E-state index is 0.0222. The first-order valence-electron chi connectivity index (χ1n) is 5.83. The highest BCUT2D eigenvalue weighted by Crippen LogP contribution is 2.23. The van der Waals surface area contributed by atoms with Crippen molar-refractivity contribution < 1.29 is 18.3 Å². The molecule has 0 spiro atoms. The summed E-state index contributed by atoms with van der Waals surface area (Å²) in [6.07, 6.45) is 3.11. The molecule has 1 aromatic heterocycles. The van der Waals surface area contributed by atoms with Gasteiger partial charge in [-0.1, -0.05) is 6.92 Å². The highest BCUT2D eigenvalue weighted by Gasteiger charge is 2.29. The van der Waals surface area contributed by atoms with Gasteiger partial charge in [-0.15, -0.1) is 0 Å². The van der Waals surface area contributed by atoms with Gasteiger partial charge in [-0.2, -0.15) is 4.31 Å². The van der Waals surface area contributed by atoms with E-state index < -0.39 is 16.0 Å². The van der Waals surface area contributed by atoms with Crippen LogP contribution in [-0.4, -0.2) is 41.9 Å². The number of H-pyrrole nitrogens is 1. The van der Waals surface area contributed by atoms with E-state index in [-0.39, 0.29) is 10.6 Å². The molecule has 18 heavy (non-hydrogen) atoms. The lowest BCUT2D eigenvalue weighted by molar-refractivity contribution is 0.0691. The third-order valence-electron chi connectivity index (χ3n) is 3.14. The van der Waals surface area contributed by atoms with Gasteiger partial charge in [0.2, 0.25) is 10.0 Å². The molecule has 1 aliphatic rings. The van der Waals surface area contributed by atoms with Crippen LogP contribution >= 0.6 is 0 Å². The Morgan fingerprint density at radius 3 is 2.83 bits per heavy atom. The van der Waals surface area contributed by atoms with Gasteiger partial charge in [-0.05, 0) is 24.8 Å². The van der Waals surface area contributed by atoms with Crippen LogP contribution in [0, 0.1) is 5.92 Å². The van der Waals surface area contributed by atoms with E-state index in [1.807, 2.05) is 6.92 Å². The Labute approximate surface area is 106 Å². The minimum atomic E-state index is -3.57. The second-order valence-corrected chi connectivity index (χ2v) is 6.60. The van der Waals surface area contributed by atoms with Crippen LogP contribution in [0.2, 0.25) is 0 Å². The van der Waals surface area contributed by atoms with Crippen molar-refractivity contribution in [3.8, 4) is 0 Å². The lowest BCUT2D eigenvalue weighted by atomic mass is 10.0. The van der Waals surface area contributed by atoms with Gasteiger partial charge in [0.05, 0.1) is 0 Å². The number of aromatic nitrogens is 1. The van der Waals surface area contributed by atoms with Crippen molar-refractivity contribution in [1.29, 1.82) is 0 Å². The molecule has 0 amide bonds. The number of piperidine rings is 1. The molecule has 2 heterocycles. The number of sulfonamides is 1. The van der Waals surface area contributed by atoms with E-state index in [0.717, 1.165) is 18.9 Å². The Morgan fingerprint density at radius 2 is 2.28 bits per heavy atom. The van der Waals surface area contributed by atoms with Crippen molar-refractivity contribution in [3.63, 3.8) is 0 Å². The summed E-state index contributed by atoms with van der Waals surface area (Å²) in [7, 11) is -3.57. The molecule has 0 bridgehead atoms. The van der Waals surface area contributed by atoms with Crippen molar-refractivity contribution in [2.75, 3.05) is 13.1 Å². The monoisotopic (exact) mass is 272 g/mol. The molecule has 6 nitrogen and oxygen atoms in total. The molecular formula is C11H16N2O4S. The van der Waals surface area contributed by atoms with Gasteiger partial charge >= 0.3 is 5.97 Å². The van der Waals surface area contributed by atoms with Crippen molar-refractivity contribution >= 4 is 16.0 Å². The molecule has 1 saturated heterocycles. The molecule has 0 radical (unpaired) electrons. The number of nitrogens with one attached hydrogen (secondary N) is 1. The quantitative estimate of drug-likeness (QED) is 0.863. The summed E-state index contributed by atoms with van der Waals surface area (Å²) >= 11 is 0. The maximum absolute atomic E-state index is 12.3. The van der Waals surface area contributed by atoms with Crippen molar-refractivity contribution in [3.05, 3.63) is 18.0 Å². The molecule has 1 aliphatic heterocycles. The first-order chi connectivity index (χ1) is 8.41. The summed E-state index contributed by atoms with van der Waals surface area (Å²) in [5.41, 5.74) is -0.112. The first kappa shape index (κ1) is 13.1. The fourth-order valence-electron chi connectivity index (χ4n) is 2.16. The van der Waals surface area contributed by atoms with Crippen molar-refractivity contribution in [1.82, 2.24) is 9.29 Å². The normalized spacial score (nSPS) is 21.9. The van der Waals surface area contributed by atoms with Crippen LogP contribution < -0.4 is 0 Å². The van der Waals surface area contributed by atoms with Crippen molar-refractivity contribution in [2.24, 2.45) is 5.92 Å². The zero-order valence-corrected chi connectivity index (χ0v) is 10.9. The van der Waals surface area contributed by atoms with Crippen LogP contribution in [-0.2, 0) is 10.0 Å². The molecular weight excluding hydrogens is 256 g/mol. The SMILES string of the molecule is CC1CCCN(S(=O)(=O)c2c[nH]c(C(=O)O)c2)C1. The van der Waals surface area contributed by atoms with Crippen LogP contribution in [0.4, 0.5) is 0 Å². The number of rotatable bonds is 3. The third-order valence-corrected chi connectivity index (χ3v) is 4.99. The molecule has 1 atom stereocenters. The molecule has 1 fully saturated rings. The van der Waals surface area contributed by atoms with Crippen molar-refractivity contribution in [2.45, 2.75) is 24.7 Å². The minimum Gasteiger partial charge on any atom is -0.477 e. The maximum Gasteiger partial charge on any atom is 0.352 e. The molecule has 2 rings (SSSR count). The van der Waals surface area contributed by atoms with Crippen LogP contribution in [0.5, 0.6) is 0 Å². The first-order valence-corrected chi connectivity index (χ1v) is 7.27. The van der Waals surface area contributed by atoms with E-state index in [2.05, 4.69) is 4.98 Å². The van der Waals surface area contributed by atoms with Gasteiger partial charge in [-0.25, -0.2) is 13.2 Å². The zero-order valence-electron chi connectivity index (χ0n) is 10.1. The maximum atomic E-state index is 12.3. The molecule has 0 aromatic carbocycles. The molecule has 100 valence electrons. The summed E-state index contributed by atoms with van der Waals surface area (Å²) < 4.78 is 26.0. The number of carboxylic acids is 1. The summed E-state index contributed by atoms with van der Waals surface area (Å²) in [5, 5.41) is 8.78. The van der Waals surface area contributed by atoms with E-state index >= 15 is 0 Å². The Kier molecular flexibility index (Phi) is 3.45. The van der Waals surface area contributed by atoms with Gasteiger partial charge in [0.15, 0.2) is 0 Å². The fourth-order valence-corrected chi connectivity index (χ4v) is 3.75. The van der Waals surface area contributed by atoms with Crippen LogP contribution in [0.15, 0.2) is 17.2 Å². The number of carbonyl (C=O) groups is 1. The molecule has 7 heteroatoms.